The van der Waals surface area contributed by atoms with Crippen LogP contribution < -0.4 is 14.9 Å². The van der Waals surface area contributed by atoms with Gasteiger partial charge in [-0.2, -0.15) is 0 Å². The van der Waals surface area contributed by atoms with Gasteiger partial charge < -0.3 is 10.6 Å². The molecule has 3 rings (SSSR count). The Kier molecular flexibility index (Phi) is 6.01. The smallest absolute Gasteiger partial charge is 0.319 e. The number of sulfonamides is 1. The van der Waals surface area contributed by atoms with Crippen LogP contribution in [-0.4, -0.2) is 33.3 Å². The van der Waals surface area contributed by atoms with Gasteiger partial charge in [-0.25, -0.2) is 13.2 Å². The van der Waals surface area contributed by atoms with Crippen LogP contribution in [0.3, 0.4) is 0 Å². The number of urea groups is 1. The number of amides is 2. The standard InChI is InChI=1S/C20H25N3O3S/c1-2-14-27(25,26)23-13-11-17-8-9-18(15-19(17)23)22-20(24)21-12-10-16-6-4-3-5-7-16/h3-9,15H,2,10-14H2,1H3,(H2,21,22,24). The monoisotopic (exact) mass is 387 g/mol. The van der Waals surface area contributed by atoms with Crippen molar-refractivity contribution < 1.29 is 13.2 Å². The number of rotatable bonds is 7. The van der Waals surface area contributed by atoms with Crippen LogP contribution in [0.1, 0.15) is 24.5 Å². The third kappa shape index (κ3) is 4.80. The summed E-state index contributed by atoms with van der Waals surface area (Å²) in [5.74, 6) is 0.129. The molecule has 0 aliphatic carbocycles. The van der Waals surface area contributed by atoms with Gasteiger partial charge in [0.15, 0.2) is 0 Å². The molecule has 0 atom stereocenters. The van der Waals surface area contributed by atoms with E-state index in [2.05, 4.69) is 10.6 Å². The highest BCUT2D eigenvalue weighted by atomic mass is 32.2. The second-order valence-corrected chi connectivity index (χ2v) is 8.61. The van der Waals surface area contributed by atoms with E-state index in [0.29, 0.717) is 37.3 Å². The van der Waals surface area contributed by atoms with E-state index in [-0.39, 0.29) is 11.8 Å². The first-order chi connectivity index (χ1) is 13.0. The number of nitrogens with zero attached hydrogens (tertiary/aromatic N) is 1. The lowest BCUT2D eigenvalue weighted by Crippen LogP contribution is -2.32. The van der Waals surface area contributed by atoms with Gasteiger partial charge in [0.1, 0.15) is 0 Å². The number of fused-ring (bicyclic) bond motifs is 1. The van der Waals surface area contributed by atoms with Crippen molar-refractivity contribution in [2.45, 2.75) is 26.2 Å². The summed E-state index contributed by atoms with van der Waals surface area (Å²) in [7, 11) is -3.31. The third-order valence-corrected chi connectivity index (χ3v) is 6.51. The van der Waals surface area contributed by atoms with Crippen molar-refractivity contribution in [1.29, 1.82) is 0 Å². The van der Waals surface area contributed by atoms with Crippen molar-refractivity contribution in [1.82, 2.24) is 5.32 Å². The number of carbonyl (C=O) groups is 1. The molecule has 2 amide bonds. The summed E-state index contributed by atoms with van der Waals surface area (Å²) in [5, 5.41) is 5.62. The van der Waals surface area contributed by atoms with Crippen LogP contribution >= 0.6 is 0 Å². The average molecular weight is 388 g/mol. The first-order valence-corrected chi connectivity index (χ1v) is 10.8. The van der Waals surface area contributed by atoms with Gasteiger partial charge in [-0.3, -0.25) is 4.31 Å². The van der Waals surface area contributed by atoms with Crippen molar-refractivity contribution in [3.05, 3.63) is 59.7 Å². The van der Waals surface area contributed by atoms with Crippen molar-refractivity contribution >= 4 is 27.4 Å². The normalized spacial score (nSPS) is 13.3. The Morgan fingerprint density at radius 2 is 1.93 bits per heavy atom. The fraction of sp³-hybridized carbons (Fsp3) is 0.350. The molecule has 0 fully saturated rings. The maximum absolute atomic E-state index is 12.4. The van der Waals surface area contributed by atoms with E-state index in [4.69, 9.17) is 0 Å². The van der Waals surface area contributed by atoms with Crippen molar-refractivity contribution in [3.63, 3.8) is 0 Å². The SMILES string of the molecule is CCCS(=O)(=O)N1CCc2ccc(NC(=O)NCCc3ccccc3)cc21. The lowest BCUT2D eigenvalue weighted by atomic mass is 10.1. The molecule has 144 valence electrons. The van der Waals surface area contributed by atoms with E-state index in [0.717, 1.165) is 17.5 Å². The average Bonchev–Trinajstić information content (AvgIpc) is 3.07. The first-order valence-electron chi connectivity index (χ1n) is 9.22. The molecule has 1 aliphatic heterocycles. The molecule has 2 aromatic rings. The van der Waals surface area contributed by atoms with Gasteiger partial charge in [0, 0.05) is 18.8 Å². The van der Waals surface area contributed by atoms with E-state index < -0.39 is 10.0 Å². The van der Waals surface area contributed by atoms with Crippen molar-refractivity contribution in [2.24, 2.45) is 0 Å². The second kappa shape index (κ2) is 8.43. The summed E-state index contributed by atoms with van der Waals surface area (Å²) >= 11 is 0. The van der Waals surface area contributed by atoms with Crippen LogP contribution in [0.25, 0.3) is 0 Å². The lowest BCUT2D eigenvalue weighted by Gasteiger charge is -2.19. The van der Waals surface area contributed by atoms with Gasteiger partial charge in [0.2, 0.25) is 10.0 Å². The van der Waals surface area contributed by atoms with Crippen molar-refractivity contribution in [2.75, 3.05) is 28.5 Å². The fourth-order valence-electron chi connectivity index (χ4n) is 3.23. The molecular formula is C20H25N3O3S. The van der Waals surface area contributed by atoms with Crippen LogP contribution in [0, 0.1) is 0 Å². The van der Waals surface area contributed by atoms with E-state index in [1.807, 2.05) is 49.4 Å². The topological polar surface area (TPSA) is 78.5 Å². The quantitative estimate of drug-likeness (QED) is 0.766. The predicted molar refractivity (Wildman–Crippen MR) is 109 cm³/mol. The summed E-state index contributed by atoms with van der Waals surface area (Å²) in [6.45, 7) is 2.84. The molecule has 2 aromatic carbocycles. The maximum Gasteiger partial charge on any atom is 0.319 e. The molecule has 27 heavy (non-hydrogen) atoms. The molecule has 0 spiro atoms. The molecule has 7 heteroatoms. The summed E-state index contributed by atoms with van der Waals surface area (Å²) < 4.78 is 26.3. The van der Waals surface area contributed by atoms with Gasteiger partial charge in [-0.05, 0) is 42.5 Å². The highest BCUT2D eigenvalue weighted by Gasteiger charge is 2.28. The Morgan fingerprint density at radius 3 is 2.67 bits per heavy atom. The molecular weight excluding hydrogens is 362 g/mol. The molecule has 0 saturated heterocycles. The van der Waals surface area contributed by atoms with Gasteiger partial charge >= 0.3 is 6.03 Å². The molecule has 6 nitrogen and oxygen atoms in total. The number of carbonyl (C=O) groups excluding carboxylic acids is 1. The zero-order chi connectivity index (χ0) is 19.3. The lowest BCUT2D eigenvalue weighted by molar-refractivity contribution is 0.252. The van der Waals surface area contributed by atoms with Gasteiger partial charge in [0.25, 0.3) is 0 Å². The second-order valence-electron chi connectivity index (χ2n) is 6.60. The Balaban J connectivity index is 1.61. The van der Waals surface area contributed by atoms with Crippen molar-refractivity contribution in [3.8, 4) is 0 Å². The summed E-state index contributed by atoms with van der Waals surface area (Å²) in [5.41, 5.74) is 3.41. The Morgan fingerprint density at radius 1 is 1.15 bits per heavy atom. The Bertz CT molecular complexity index is 898. The van der Waals surface area contributed by atoms with E-state index in [9.17, 15) is 13.2 Å². The Labute approximate surface area is 160 Å². The highest BCUT2D eigenvalue weighted by molar-refractivity contribution is 7.92. The Hall–Kier alpha value is -2.54. The summed E-state index contributed by atoms with van der Waals surface area (Å²) in [6.07, 6.45) is 2.03. The third-order valence-electron chi connectivity index (χ3n) is 4.54. The minimum atomic E-state index is -3.31. The van der Waals surface area contributed by atoms with Crippen LogP contribution in [0.5, 0.6) is 0 Å². The van der Waals surface area contributed by atoms with Crippen LogP contribution in [0.15, 0.2) is 48.5 Å². The largest absolute Gasteiger partial charge is 0.338 e. The molecule has 1 heterocycles. The minimum absolute atomic E-state index is 0.129. The molecule has 0 radical (unpaired) electrons. The van der Waals surface area contributed by atoms with Gasteiger partial charge in [0.05, 0.1) is 11.4 Å². The van der Waals surface area contributed by atoms with Crippen LogP contribution in [0.4, 0.5) is 16.2 Å². The molecule has 0 bridgehead atoms. The molecule has 0 unspecified atom stereocenters. The van der Waals surface area contributed by atoms with E-state index >= 15 is 0 Å². The number of benzene rings is 2. The summed E-state index contributed by atoms with van der Waals surface area (Å²) in [4.78, 5) is 12.1. The van der Waals surface area contributed by atoms with E-state index in [1.165, 1.54) is 4.31 Å². The fourth-order valence-corrected chi connectivity index (χ4v) is 4.80. The number of nitrogens with one attached hydrogen (secondary N) is 2. The number of hydrogen-bond acceptors (Lipinski definition) is 3. The molecule has 0 saturated carbocycles. The van der Waals surface area contributed by atoms with Gasteiger partial charge in [-0.1, -0.05) is 43.3 Å². The van der Waals surface area contributed by atoms with Gasteiger partial charge in [-0.15, -0.1) is 0 Å². The zero-order valence-electron chi connectivity index (χ0n) is 15.4. The molecule has 1 aliphatic rings. The zero-order valence-corrected chi connectivity index (χ0v) is 16.3. The maximum atomic E-state index is 12.4. The van der Waals surface area contributed by atoms with Crippen LogP contribution in [0.2, 0.25) is 0 Å². The molecule has 0 aromatic heterocycles. The summed E-state index contributed by atoms with van der Waals surface area (Å²) in [6, 6.07) is 15.1. The predicted octanol–water partition coefficient (Wildman–Crippen LogP) is 3.15. The van der Waals surface area contributed by atoms with Crippen LogP contribution in [-0.2, 0) is 22.9 Å². The highest BCUT2D eigenvalue weighted by Crippen LogP contribution is 2.33. The first kappa shape index (κ1) is 19.2. The number of anilines is 2. The number of hydrogen-bond donors (Lipinski definition) is 2. The van der Waals surface area contributed by atoms with E-state index in [1.54, 1.807) is 6.07 Å². The minimum Gasteiger partial charge on any atom is -0.338 e. The molecule has 2 N–H and O–H groups in total.